The van der Waals surface area contributed by atoms with Gasteiger partial charge < -0.3 is 10.2 Å². The smallest absolute Gasteiger partial charge is 0.123 e. The summed E-state index contributed by atoms with van der Waals surface area (Å²) in [7, 11) is 0. The Morgan fingerprint density at radius 2 is 0.679 bits per heavy atom. The van der Waals surface area contributed by atoms with Crippen LogP contribution in [0.5, 0.6) is 11.5 Å². The average molecular weight is 715 g/mol. The second kappa shape index (κ2) is 11.4. The molecule has 250 valence electrons. The molecule has 4 heteroatoms. The van der Waals surface area contributed by atoms with Crippen molar-refractivity contribution in [3.05, 3.63) is 191 Å². The predicted octanol–water partition coefficient (Wildman–Crippen LogP) is 13.5. The van der Waals surface area contributed by atoms with Crippen molar-refractivity contribution >= 4 is 64.4 Å². The summed E-state index contributed by atoms with van der Waals surface area (Å²) in [6.07, 6.45) is 0. The van der Waals surface area contributed by atoms with Crippen LogP contribution in [0.4, 0.5) is 0 Å². The molecule has 0 aliphatic heterocycles. The van der Waals surface area contributed by atoms with Crippen LogP contribution in [0.25, 0.3) is 75.1 Å². The Morgan fingerprint density at radius 3 is 1.11 bits per heavy atom. The molecule has 11 rings (SSSR count). The molecule has 53 heavy (non-hydrogen) atoms. The van der Waals surface area contributed by atoms with Crippen molar-refractivity contribution in [2.24, 2.45) is 0 Å². The van der Waals surface area contributed by atoms with E-state index in [1.54, 1.807) is 22.7 Å². The topological polar surface area (TPSA) is 40.5 Å². The molecule has 2 N–H and O–H groups in total. The second-order valence-corrected chi connectivity index (χ2v) is 15.7. The molecule has 0 atom stereocenters. The summed E-state index contributed by atoms with van der Waals surface area (Å²) in [6.45, 7) is 0. The minimum Gasteiger partial charge on any atom is -0.507 e. The summed E-state index contributed by atoms with van der Waals surface area (Å²) in [5.74, 6) is 0.505. The first-order valence-electron chi connectivity index (χ1n) is 17.8. The van der Waals surface area contributed by atoms with Gasteiger partial charge in [0.15, 0.2) is 0 Å². The number of thiophene rings is 2. The van der Waals surface area contributed by atoms with Gasteiger partial charge in [-0.05, 0) is 90.3 Å². The molecule has 2 heterocycles. The molecule has 2 nitrogen and oxygen atoms in total. The van der Waals surface area contributed by atoms with Crippen LogP contribution in [0.1, 0.15) is 22.3 Å². The fraction of sp³-hybridized carbons (Fsp3) is 0.0204. The summed E-state index contributed by atoms with van der Waals surface area (Å²) < 4.78 is 2.49. The summed E-state index contributed by atoms with van der Waals surface area (Å²) in [5.41, 5.74) is 10.8. The summed E-state index contributed by atoms with van der Waals surface area (Å²) in [6, 6.07) is 55.4. The van der Waals surface area contributed by atoms with Gasteiger partial charge in [-0.25, -0.2) is 0 Å². The Balaban J connectivity index is 1.42. The van der Waals surface area contributed by atoms with E-state index >= 15 is 0 Å². The first kappa shape index (κ1) is 30.4. The number of phenolic OH excluding ortho intramolecular Hbond substituents is 2. The van der Waals surface area contributed by atoms with Gasteiger partial charge in [-0.2, -0.15) is 0 Å². The summed E-state index contributed by atoms with van der Waals surface area (Å²) >= 11 is 3.55. The number of benzene rings is 8. The first-order chi connectivity index (χ1) is 26.1. The Labute approximate surface area is 314 Å². The largest absolute Gasteiger partial charge is 0.507 e. The number of aromatic hydroxyl groups is 2. The molecule has 10 aromatic rings. The Kier molecular flexibility index (Phi) is 6.54. The summed E-state index contributed by atoms with van der Waals surface area (Å²) in [5, 5.41) is 33.5. The van der Waals surface area contributed by atoms with Gasteiger partial charge >= 0.3 is 0 Å². The molecule has 0 saturated heterocycles. The molecule has 2 aromatic heterocycles. The minimum absolute atomic E-state index is 0.253. The second-order valence-electron chi connectivity index (χ2n) is 13.9. The van der Waals surface area contributed by atoms with Crippen LogP contribution in [-0.4, -0.2) is 10.2 Å². The maximum absolute atomic E-state index is 11.4. The van der Waals surface area contributed by atoms with Crippen LogP contribution < -0.4 is 0 Å². The third kappa shape index (κ3) is 4.13. The van der Waals surface area contributed by atoms with Crippen molar-refractivity contribution in [2.45, 2.75) is 5.41 Å². The highest BCUT2D eigenvalue weighted by molar-refractivity contribution is 7.18. The van der Waals surface area contributed by atoms with Crippen LogP contribution in [0, 0.1) is 0 Å². The lowest BCUT2D eigenvalue weighted by atomic mass is 9.62. The highest BCUT2D eigenvalue weighted by atomic mass is 32.1. The van der Waals surface area contributed by atoms with E-state index in [0.717, 1.165) is 32.7 Å². The maximum atomic E-state index is 11.4. The SMILES string of the molecule is Oc1ccc(C2(c3ccc(O)c4ccccc34)c3c(cccc3-c3csc4ccccc34)-c3cccc(-c4csc5ccccc45)c32)c2ccccc12. The highest BCUT2D eigenvalue weighted by Gasteiger charge is 2.51. The van der Waals surface area contributed by atoms with E-state index in [4.69, 9.17) is 0 Å². The third-order valence-electron chi connectivity index (χ3n) is 11.3. The monoisotopic (exact) mass is 714 g/mol. The van der Waals surface area contributed by atoms with E-state index in [2.05, 4.69) is 132 Å². The average Bonchev–Trinajstić information content (AvgIpc) is 3.92. The molecule has 0 unspecified atom stereocenters. The molecule has 8 aromatic carbocycles. The third-order valence-corrected chi connectivity index (χ3v) is 13.2. The van der Waals surface area contributed by atoms with Gasteiger partial charge in [-0.3, -0.25) is 0 Å². The van der Waals surface area contributed by atoms with E-state index < -0.39 is 5.41 Å². The van der Waals surface area contributed by atoms with Gasteiger partial charge in [0, 0.05) is 42.1 Å². The van der Waals surface area contributed by atoms with Crippen molar-refractivity contribution in [3.63, 3.8) is 0 Å². The molecule has 1 aliphatic rings. The standard InChI is InChI=1S/C49H30O2S2/c50-43-25-23-41(29-11-1-3-13-31(29)43)49(42-24-26-44(51)32-14-4-2-12-30(32)42)47-35(17-9-19-37(47)39-27-52-45-21-7-5-15-33(39)45)36-18-10-20-38(48(36)49)40-28-53-46-22-8-6-16-34(40)46/h1-28,50-51H. The number of hydrogen-bond acceptors (Lipinski definition) is 4. The highest BCUT2D eigenvalue weighted by Crippen LogP contribution is 2.64. The van der Waals surface area contributed by atoms with E-state index in [1.165, 1.54) is 64.7 Å². The fourth-order valence-corrected chi connectivity index (χ4v) is 11.1. The predicted molar refractivity (Wildman–Crippen MR) is 224 cm³/mol. The Bertz CT molecular complexity index is 2900. The fourth-order valence-electron chi connectivity index (χ4n) is 9.21. The first-order valence-corrected chi connectivity index (χ1v) is 19.5. The van der Waals surface area contributed by atoms with Gasteiger partial charge in [-0.15, -0.1) is 22.7 Å². The van der Waals surface area contributed by atoms with E-state index in [0.29, 0.717) is 0 Å². The zero-order valence-electron chi connectivity index (χ0n) is 28.4. The zero-order chi connectivity index (χ0) is 35.3. The Morgan fingerprint density at radius 1 is 0.321 bits per heavy atom. The molecule has 0 radical (unpaired) electrons. The van der Waals surface area contributed by atoms with Crippen LogP contribution in [-0.2, 0) is 5.41 Å². The molecule has 0 spiro atoms. The van der Waals surface area contributed by atoms with Crippen molar-refractivity contribution in [1.82, 2.24) is 0 Å². The van der Waals surface area contributed by atoms with Gasteiger partial charge in [-0.1, -0.05) is 133 Å². The van der Waals surface area contributed by atoms with Crippen molar-refractivity contribution in [1.29, 1.82) is 0 Å². The van der Waals surface area contributed by atoms with Crippen LogP contribution in [0.3, 0.4) is 0 Å². The number of rotatable bonds is 4. The number of hydrogen-bond donors (Lipinski definition) is 2. The summed E-state index contributed by atoms with van der Waals surface area (Å²) in [4.78, 5) is 0. The van der Waals surface area contributed by atoms with E-state index in [9.17, 15) is 10.2 Å². The molecule has 0 bridgehead atoms. The zero-order valence-corrected chi connectivity index (χ0v) is 30.0. The van der Waals surface area contributed by atoms with Gasteiger partial charge in [0.05, 0.1) is 5.41 Å². The van der Waals surface area contributed by atoms with E-state index in [1.807, 2.05) is 36.4 Å². The van der Waals surface area contributed by atoms with Crippen LogP contribution in [0.15, 0.2) is 168 Å². The molecular weight excluding hydrogens is 685 g/mol. The molecule has 0 fully saturated rings. The van der Waals surface area contributed by atoms with Crippen LogP contribution in [0.2, 0.25) is 0 Å². The van der Waals surface area contributed by atoms with Crippen molar-refractivity contribution in [3.8, 4) is 44.9 Å². The lowest BCUT2D eigenvalue weighted by molar-refractivity contribution is 0.481. The number of phenols is 2. The lowest BCUT2D eigenvalue weighted by Crippen LogP contribution is -2.30. The maximum Gasteiger partial charge on any atom is 0.123 e. The number of fused-ring (bicyclic) bond motifs is 7. The molecule has 0 saturated carbocycles. The van der Waals surface area contributed by atoms with Crippen LogP contribution >= 0.6 is 22.7 Å². The normalized spacial score (nSPS) is 13.2. The van der Waals surface area contributed by atoms with Gasteiger partial charge in [0.25, 0.3) is 0 Å². The molecule has 1 aliphatic carbocycles. The quantitative estimate of drug-likeness (QED) is 0.191. The van der Waals surface area contributed by atoms with E-state index in [-0.39, 0.29) is 11.5 Å². The van der Waals surface area contributed by atoms with Gasteiger partial charge in [0.2, 0.25) is 0 Å². The Hall–Kier alpha value is -6.20. The van der Waals surface area contributed by atoms with Gasteiger partial charge in [0.1, 0.15) is 11.5 Å². The van der Waals surface area contributed by atoms with Crippen molar-refractivity contribution < 1.29 is 10.2 Å². The minimum atomic E-state index is -0.884. The van der Waals surface area contributed by atoms with Crippen molar-refractivity contribution in [2.75, 3.05) is 0 Å². The molecule has 0 amide bonds. The lowest BCUT2D eigenvalue weighted by Gasteiger charge is -2.38. The molecular formula is C49H30O2S2.